The summed E-state index contributed by atoms with van der Waals surface area (Å²) >= 11 is 3.31. The number of hydrogen-bond donors (Lipinski definition) is 0. The number of rotatable bonds is 7. The van der Waals surface area contributed by atoms with Crippen LogP contribution in [0.25, 0.3) is 0 Å². The Kier molecular flexibility index (Phi) is 6.07. The fourth-order valence-corrected chi connectivity index (χ4v) is 4.39. The molecule has 23 heavy (non-hydrogen) atoms. The minimum atomic E-state index is -3.41. The molecule has 0 radical (unpaired) electrons. The van der Waals surface area contributed by atoms with Crippen LogP contribution < -0.4 is 9.47 Å². The zero-order valence-corrected chi connectivity index (χ0v) is 15.5. The molecule has 0 fully saturated rings. The minimum absolute atomic E-state index is 0.0534. The van der Waals surface area contributed by atoms with Gasteiger partial charge in [-0.3, -0.25) is 0 Å². The average Bonchev–Trinajstić information content (AvgIpc) is 2.55. The molecule has 4 nitrogen and oxygen atoms in total. The van der Waals surface area contributed by atoms with E-state index in [1.54, 1.807) is 25.3 Å². The number of para-hydroxylation sites is 1. The molecule has 2 rings (SSSR count). The highest BCUT2D eigenvalue weighted by atomic mass is 79.9. The largest absolute Gasteiger partial charge is 0.496 e. The van der Waals surface area contributed by atoms with E-state index in [4.69, 9.17) is 9.47 Å². The van der Waals surface area contributed by atoms with Gasteiger partial charge in [-0.1, -0.05) is 34.1 Å². The third-order valence-corrected chi connectivity index (χ3v) is 5.82. The molecule has 6 heteroatoms. The van der Waals surface area contributed by atoms with E-state index in [0.29, 0.717) is 23.1 Å². The van der Waals surface area contributed by atoms with Crippen molar-refractivity contribution < 1.29 is 17.9 Å². The molecule has 2 aromatic rings. The van der Waals surface area contributed by atoms with Crippen molar-refractivity contribution in [3.8, 4) is 11.5 Å². The average molecular weight is 399 g/mol. The first-order valence-electron chi connectivity index (χ1n) is 7.16. The summed E-state index contributed by atoms with van der Waals surface area (Å²) in [5.74, 6) is 1.20. The molecular weight excluding hydrogens is 380 g/mol. The van der Waals surface area contributed by atoms with Crippen molar-refractivity contribution in [2.45, 2.75) is 17.7 Å². The number of hydrogen-bond acceptors (Lipinski definition) is 4. The first-order chi connectivity index (χ1) is 11.0. The topological polar surface area (TPSA) is 52.6 Å². The molecule has 0 saturated carbocycles. The Hall–Kier alpha value is -1.53. The highest BCUT2D eigenvalue weighted by Gasteiger charge is 2.20. The summed E-state index contributed by atoms with van der Waals surface area (Å²) in [7, 11) is -0.329. The number of methoxy groups -OCH3 is 2. The Labute approximate surface area is 145 Å². The Morgan fingerprint density at radius 3 is 2.39 bits per heavy atom. The van der Waals surface area contributed by atoms with Crippen LogP contribution in [0.4, 0.5) is 0 Å². The van der Waals surface area contributed by atoms with Gasteiger partial charge in [0.2, 0.25) is 0 Å². The fourth-order valence-electron chi connectivity index (χ4n) is 2.37. The van der Waals surface area contributed by atoms with E-state index in [-0.39, 0.29) is 10.6 Å². The SMILES string of the molecule is COc1ccccc1CCCS(=O)(=O)c1cc(Br)ccc1OC. The maximum absolute atomic E-state index is 12.6. The summed E-state index contributed by atoms with van der Waals surface area (Å²) in [6.45, 7) is 0. The van der Waals surface area contributed by atoms with Crippen molar-refractivity contribution in [2.75, 3.05) is 20.0 Å². The summed E-state index contributed by atoms with van der Waals surface area (Å²) in [6, 6.07) is 12.6. The van der Waals surface area contributed by atoms with Crippen LogP contribution in [0, 0.1) is 0 Å². The van der Waals surface area contributed by atoms with E-state index >= 15 is 0 Å². The Balaban J connectivity index is 2.12. The zero-order valence-electron chi connectivity index (χ0n) is 13.1. The van der Waals surface area contributed by atoms with Crippen molar-refractivity contribution in [2.24, 2.45) is 0 Å². The van der Waals surface area contributed by atoms with E-state index in [1.807, 2.05) is 24.3 Å². The third-order valence-electron chi connectivity index (χ3n) is 3.51. The number of benzene rings is 2. The van der Waals surface area contributed by atoms with Crippen LogP contribution >= 0.6 is 15.9 Å². The molecule has 0 unspecified atom stereocenters. The van der Waals surface area contributed by atoms with Gasteiger partial charge in [-0.05, 0) is 42.7 Å². The lowest BCUT2D eigenvalue weighted by atomic mass is 10.1. The molecule has 124 valence electrons. The smallest absolute Gasteiger partial charge is 0.182 e. The molecule has 0 N–H and O–H groups in total. The lowest BCUT2D eigenvalue weighted by Crippen LogP contribution is -2.09. The summed E-state index contributed by atoms with van der Waals surface area (Å²) in [5.41, 5.74) is 1.01. The molecule has 0 aromatic heterocycles. The second-order valence-electron chi connectivity index (χ2n) is 5.03. The predicted octanol–water partition coefficient (Wildman–Crippen LogP) is 3.87. The molecule has 0 aliphatic heterocycles. The monoisotopic (exact) mass is 398 g/mol. The number of sulfone groups is 1. The molecule has 0 spiro atoms. The van der Waals surface area contributed by atoms with Gasteiger partial charge in [0.1, 0.15) is 16.4 Å². The second kappa shape index (κ2) is 7.84. The van der Waals surface area contributed by atoms with E-state index in [2.05, 4.69) is 15.9 Å². The van der Waals surface area contributed by atoms with Crippen LogP contribution in [-0.2, 0) is 16.3 Å². The number of halogens is 1. The van der Waals surface area contributed by atoms with Crippen molar-refractivity contribution in [3.05, 3.63) is 52.5 Å². The maximum atomic E-state index is 12.6. The summed E-state index contributed by atoms with van der Waals surface area (Å²) < 4.78 is 36.3. The normalized spacial score (nSPS) is 11.3. The summed E-state index contributed by atoms with van der Waals surface area (Å²) in [6.07, 6.45) is 1.15. The Morgan fingerprint density at radius 2 is 1.70 bits per heavy atom. The number of aryl methyl sites for hydroxylation is 1. The van der Waals surface area contributed by atoms with Gasteiger partial charge in [0, 0.05) is 4.47 Å². The minimum Gasteiger partial charge on any atom is -0.496 e. The molecule has 0 aliphatic carbocycles. The van der Waals surface area contributed by atoms with E-state index in [0.717, 1.165) is 11.3 Å². The van der Waals surface area contributed by atoms with E-state index < -0.39 is 9.84 Å². The molecule has 0 amide bonds. The number of ether oxygens (including phenoxy) is 2. The lowest BCUT2D eigenvalue weighted by Gasteiger charge is -2.11. The maximum Gasteiger partial charge on any atom is 0.182 e. The molecule has 0 atom stereocenters. The molecule has 0 saturated heterocycles. The molecule has 0 bridgehead atoms. The molecule has 2 aromatic carbocycles. The summed E-state index contributed by atoms with van der Waals surface area (Å²) in [4.78, 5) is 0.217. The van der Waals surface area contributed by atoms with Crippen LogP contribution in [0.1, 0.15) is 12.0 Å². The van der Waals surface area contributed by atoms with Crippen molar-refractivity contribution in [3.63, 3.8) is 0 Å². The van der Waals surface area contributed by atoms with Crippen molar-refractivity contribution in [1.82, 2.24) is 0 Å². The first kappa shape index (κ1) is 17.8. The molecule has 0 aliphatic rings. The standard InChI is InChI=1S/C17H19BrO4S/c1-21-15-8-4-3-6-13(15)7-5-11-23(19,20)17-12-14(18)9-10-16(17)22-2/h3-4,6,8-10,12H,5,7,11H2,1-2H3. The third kappa shape index (κ3) is 4.48. The fraction of sp³-hybridized carbons (Fsp3) is 0.294. The van der Waals surface area contributed by atoms with Crippen LogP contribution in [0.3, 0.4) is 0 Å². The van der Waals surface area contributed by atoms with Gasteiger partial charge in [0.15, 0.2) is 9.84 Å². The van der Waals surface area contributed by atoms with E-state index in [9.17, 15) is 8.42 Å². The van der Waals surface area contributed by atoms with Crippen LogP contribution in [-0.4, -0.2) is 28.4 Å². The van der Waals surface area contributed by atoms with Crippen LogP contribution in [0.15, 0.2) is 51.8 Å². The van der Waals surface area contributed by atoms with Gasteiger partial charge in [-0.25, -0.2) is 8.42 Å². The van der Waals surface area contributed by atoms with Crippen LogP contribution in [0.5, 0.6) is 11.5 Å². The Bertz CT molecular complexity index is 772. The van der Waals surface area contributed by atoms with Gasteiger partial charge in [-0.2, -0.15) is 0 Å². The van der Waals surface area contributed by atoms with Crippen molar-refractivity contribution >= 4 is 25.8 Å². The van der Waals surface area contributed by atoms with Gasteiger partial charge in [0.05, 0.1) is 20.0 Å². The zero-order chi connectivity index (χ0) is 16.9. The second-order valence-corrected chi connectivity index (χ2v) is 8.02. The predicted molar refractivity (Wildman–Crippen MR) is 94.1 cm³/mol. The Morgan fingerprint density at radius 1 is 1.00 bits per heavy atom. The first-order valence-corrected chi connectivity index (χ1v) is 9.60. The van der Waals surface area contributed by atoms with Gasteiger partial charge in [-0.15, -0.1) is 0 Å². The quantitative estimate of drug-likeness (QED) is 0.709. The van der Waals surface area contributed by atoms with Gasteiger partial charge < -0.3 is 9.47 Å². The molecular formula is C17H19BrO4S. The lowest BCUT2D eigenvalue weighted by molar-refractivity contribution is 0.402. The van der Waals surface area contributed by atoms with E-state index in [1.165, 1.54) is 7.11 Å². The van der Waals surface area contributed by atoms with Gasteiger partial charge >= 0.3 is 0 Å². The van der Waals surface area contributed by atoms with Crippen molar-refractivity contribution in [1.29, 1.82) is 0 Å². The van der Waals surface area contributed by atoms with Crippen LogP contribution in [0.2, 0.25) is 0 Å². The highest BCUT2D eigenvalue weighted by molar-refractivity contribution is 9.10. The molecule has 0 heterocycles. The highest BCUT2D eigenvalue weighted by Crippen LogP contribution is 2.29. The van der Waals surface area contributed by atoms with Gasteiger partial charge in [0.25, 0.3) is 0 Å². The summed E-state index contributed by atoms with van der Waals surface area (Å²) in [5, 5.41) is 0.